The third kappa shape index (κ3) is 3.23. The lowest BCUT2D eigenvalue weighted by molar-refractivity contribution is -0.136. The molecule has 140 valence electrons. The summed E-state index contributed by atoms with van der Waals surface area (Å²) in [6.45, 7) is 4.09. The second-order valence-corrected chi connectivity index (χ2v) is 7.23. The Bertz CT molecular complexity index is 822. The predicted molar refractivity (Wildman–Crippen MR) is 96.5 cm³/mol. The van der Waals surface area contributed by atoms with Crippen LogP contribution in [0, 0.1) is 0 Å². The maximum Gasteiger partial charge on any atom is 0.269 e. The smallest absolute Gasteiger partial charge is 0.269 e. The van der Waals surface area contributed by atoms with E-state index in [0.717, 1.165) is 11.4 Å². The van der Waals surface area contributed by atoms with E-state index in [1.54, 1.807) is 36.2 Å². The van der Waals surface area contributed by atoms with Crippen molar-refractivity contribution >= 4 is 11.8 Å². The monoisotopic (exact) mass is 358 g/mol. The summed E-state index contributed by atoms with van der Waals surface area (Å²) in [7, 11) is 5.44. The molecule has 8 nitrogen and oxygen atoms in total. The van der Waals surface area contributed by atoms with E-state index in [2.05, 4.69) is 15.4 Å². The molecule has 1 aliphatic rings. The molecule has 1 N–H and O–H groups in total. The van der Waals surface area contributed by atoms with Gasteiger partial charge in [-0.15, -0.1) is 0 Å². The summed E-state index contributed by atoms with van der Waals surface area (Å²) in [5.41, 5.74) is 2.31. The highest BCUT2D eigenvalue weighted by Crippen LogP contribution is 2.30. The van der Waals surface area contributed by atoms with Gasteiger partial charge < -0.3 is 14.8 Å². The molecule has 1 aliphatic heterocycles. The molecule has 26 heavy (non-hydrogen) atoms. The Morgan fingerprint density at radius 2 is 2.04 bits per heavy atom. The minimum atomic E-state index is -0.245. The molecule has 1 saturated heterocycles. The fourth-order valence-electron chi connectivity index (χ4n) is 3.47. The molecule has 0 aromatic carbocycles. The number of hydrogen-bond donors (Lipinski definition) is 1. The van der Waals surface area contributed by atoms with Crippen molar-refractivity contribution in [1.29, 1.82) is 0 Å². The van der Waals surface area contributed by atoms with Crippen molar-refractivity contribution in [1.82, 2.24) is 29.5 Å². The number of likely N-dealkylation sites (N-methyl/N-ethyl adjacent to an activating group) is 1. The van der Waals surface area contributed by atoms with E-state index in [1.807, 2.05) is 31.5 Å². The summed E-state index contributed by atoms with van der Waals surface area (Å²) in [5.74, 6) is 0.152. The number of nitrogens with one attached hydrogen (secondary N) is 1. The van der Waals surface area contributed by atoms with E-state index in [1.165, 1.54) is 0 Å². The van der Waals surface area contributed by atoms with Crippen LogP contribution in [0.2, 0.25) is 0 Å². The van der Waals surface area contributed by atoms with Crippen LogP contribution in [0.4, 0.5) is 0 Å². The lowest BCUT2D eigenvalue weighted by Crippen LogP contribution is -2.51. The lowest BCUT2D eigenvalue weighted by Gasteiger charge is -2.39. The van der Waals surface area contributed by atoms with Gasteiger partial charge in [0.1, 0.15) is 5.69 Å². The standard InChI is InChI=1S/C18H26N6O2/c1-11(2)13-8-14(24(5)21-13)18(26)20-12-6-7-16(25)23(4)17(12)15-9-19-10-22(15)3/h8-12,17H,6-7H2,1-5H3,(H,20,26)/t12-,17-/m1/s1. The van der Waals surface area contributed by atoms with E-state index < -0.39 is 0 Å². The van der Waals surface area contributed by atoms with Gasteiger partial charge in [-0.1, -0.05) is 13.8 Å². The van der Waals surface area contributed by atoms with Gasteiger partial charge in [-0.05, 0) is 18.4 Å². The molecule has 0 radical (unpaired) electrons. The van der Waals surface area contributed by atoms with E-state index in [0.29, 0.717) is 18.5 Å². The largest absolute Gasteiger partial charge is 0.345 e. The molecule has 1 fully saturated rings. The number of nitrogens with zero attached hydrogens (tertiary/aromatic N) is 5. The number of aromatic nitrogens is 4. The van der Waals surface area contributed by atoms with Gasteiger partial charge in [-0.25, -0.2) is 4.98 Å². The minimum absolute atomic E-state index is 0.0735. The highest BCUT2D eigenvalue weighted by atomic mass is 16.2. The Hall–Kier alpha value is -2.64. The summed E-state index contributed by atoms with van der Waals surface area (Å²) in [5, 5.41) is 7.52. The number of hydrogen-bond acceptors (Lipinski definition) is 4. The van der Waals surface area contributed by atoms with Crippen LogP contribution >= 0.6 is 0 Å². The molecule has 3 heterocycles. The van der Waals surface area contributed by atoms with Gasteiger partial charge in [0.2, 0.25) is 5.91 Å². The molecular formula is C18H26N6O2. The fourth-order valence-corrected chi connectivity index (χ4v) is 3.47. The van der Waals surface area contributed by atoms with Gasteiger partial charge in [-0.3, -0.25) is 14.3 Å². The van der Waals surface area contributed by atoms with Crippen molar-refractivity contribution in [2.45, 2.75) is 44.7 Å². The fraction of sp³-hybridized carbons (Fsp3) is 0.556. The van der Waals surface area contributed by atoms with Gasteiger partial charge in [0, 0.05) is 27.6 Å². The lowest BCUT2D eigenvalue weighted by atomic mass is 9.93. The summed E-state index contributed by atoms with van der Waals surface area (Å²) < 4.78 is 3.50. The zero-order valence-corrected chi connectivity index (χ0v) is 15.9. The molecule has 2 aromatic rings. The molecule has 8 heteroatoms. The number of likely N-dealkylation sites (tertiary alicyclic amines) is 1. The molecule has 0 bridgehead atoms. The number of carbonyl (C=O) groups excluding carboxylic acids is 2. The number of piperidine rings is 1. The SMILES string of the molecule is CC(C)c1cc(C(=O)N[C@@H]2CCC(=O)N(C)[C@H]2c2cncn2C)n(C)n1. The summed E-state index contributed by atoms with van der Waals surface area (Å²) in [4.78, 5) is 30.9. The second-order valence-electron chi connectivity index (χ2n) is 7.23. The van der Waals surface area contributed by atoms with Gasteiger partial charge >= 0.3 is 0 Å². The average molecular weight is 358 g/mol. The third-order valence-corrected chi connectivity index (χ3v) is 5.06. The van der Waals surface area contributed by atoms with E-state index in [-0.39, 0.29) is 29.8 Å². The maximum absolute atomic E-state index is 12.9. The Morgan fingerprint density at radius 3 is 2.62 bits per heavy atom. The summed E-state index contributed by atoms with van der Waals surface area (Å²) >= 11 is 0. The molecule has 2 amide bonds. The number of imidazole rings is 1. The first kappa shape index (κ1) is 18.2. The predicted octanol–water partition coefficient (Wildman–Crippen LogP) is 1.37. The Balaban J connectivity index is 1.86. The Labute approximate surface area is 153 Å². The van der Waals surface area contributed by atoms with Crippen molar-refractivity contribution in [3.05, 3.63) is 35.7 Å². The van der Waals surface area contributed by atoms with Crippen LogP contribution in [0.25, 0.3) is 0 Å². The normalized spacial score (nSPS) is 20.7. The molecule has 3 rings (SSSR count). The van der Waals surface area contributed by atoms with Crippen molar-refractivity contribution in [3.63, 3.8) is 0 Å². The van der Waals surface area contributed by atoms with Crippen LogP contribution in [0.5, 0.6) is 0 Å². The first-order valence-electron chi connectivity index (χ1n) is 8.86. The zero-order chi connectivity index (χ0) is 19.0. The van der Waals surface area contributed by atoms with Crippen LogP contribution < -0.4 is 5.32 Å². The van der Waals surface area contributed by atoms with Crippen LogP contribution in [0.1, 0.15) is 60.5 Å². The van der Waals surface area contributed by atoms with E-state index in [9.17, 15) is 9.59 Å². The van der Waals surface area contributed by atoms with E-state index >= 15 is 0 Å². The first-order chi connectivity index (χ1) is 12.3. The Morgan fingerprint density at radius 1 is 1.31 bits per heavy atom. The quantitative estimate of drug-likeness (QED) is 0.894. The summed E-state index contributed by atoms with van der Waals surface area (Å²) in [6.07, 6.45) is 4.47. The maximum atomic E-state index is 12.9. The highest BCUT2D eigenvalue weighted by molar-refractivity contribution is 5.93. The zero-order valence-electron chi connectivity index (χ0n) is 15.9. The molecular weight excluding hydrogens is 332 g/mol. The highest BCUT2D eigenvalue weighted by Gasteiger charge is 2.37. The number of amides is 2. The van der Waals surface area contributed by atoms with Crippen LogP contribution in [0.15, 0.2) is 18.6 Å². The van der Waals surface area contributed by atoms with E-state index in [4.69, 9.17) is 0 Å². The van der Waals surface area contributed by atoms with Crippen molar-refractivity contribution in [3.8, 4) is 0 Å². The minimum Gasteiger partial charge on any atom is -0.345 e. The number of aryl methyl sites for hydroxylation is 2. The molecule has 0 saturated carbocycles. The molecule has 0 spiro atoms. The van der Waals surface area contributed by atoms with Crippen molar-refractivity contribution < 1.29 is 9.59 Å². The number of rotatable bonds is 4. The van der Waals surface area contributed by atoms with Gasteiger partial charge in [0.15, 0.2) is 0 Å². The molecule has 2 aromatic heterocycles. The van der Waals surface area contributed by atoms with Crippen LogP contribution in [-0.4, -0.2) is 49.1 Å². The molecule has 2 atom stereocenters. The van der Waals surface area contributed by atoms with Gasteiger partial charge in [-0.2, -0.15) is 5.10 Å². The molecule has 0 unspecified atom stereocenters. The van der Waals surface area contributed by atoms with Crippen molar-refractivity contribution in [2.75, 3.05) is 7.05 Å². The van der Waals surface area contributed by atoms with Crippen molar-refractivity contribution in [2.24, 2.45) is 14.1 Å². The second kappa shape index (κ2) is 6.93. The summed E-state index contributed by atoms with van der Waals surface area (Å²) in [6, 6.07) is 1.40. The van der Waals surface area contributed by atoms with Crippen LogP contribution in [-0.2, 0) is 18.9 Å². The third-order valence-electron chi connectivity index (χ3n) is 5.06. The topological polar surface area (TPSA) is 85.0 Å². The Kier molecular flexibility index (Phi) is 4.84. The van der Waals surface area contributed by atoms with Gasteiger partial charge in [0.25, 0.3) is 5.91 Å². The number of carbonyl (C=O) groups is 2. The van der Waals surface area contributed by atoms with Gasteiger partial charge in [0.05, 0.1) is 36.0 Å². The van der Waals surface area contributed by atoms with Crippen LogP contribution in [0.3, 0.4) is 0 Å². The molecule has 0 aliphatic carbocycles. The average Bonchev–Trinajstić information content (AvgIpc) is 3.17. The first-order valence-corrected chi connectivity index (χ1v) is 8.86.